The molecule has 1 amide bonds. The molecular weight excluding hydrogens is 325 g/mol. The Morgan fingerprint density at radius 2 is 1.84 bits per heavy atom. The first-order chi connectivity index (χ1) is 8.59. The molecule has 6 heteroatoms. The van der Waals surface area contributed by atoms with Gasteiger partial charge in [-0.2, -0.15) is 0 Å². The Kier molecular flexibility index (Phi) is 5.47. The molecule has 0 radical (unpaired) electrons. The average molecular weight is 341 g/mol. The van der Waals surface area contributed by atoms with E-state index in [2.05, 4.69) is 26.1 Å². The molecule has 2 nitrogen and oxygen atoms in total. The van der Waals surface area contributed by atoms with Gasteiger partial charge in [-0.05, 0) is 45.1 Å². The van der Waals surface area contributed by atoms with Gasteiger partial charge in [-0.1, -0.05) is 62.2 Å². The number of nitrogens with one attached hydrogen (secondary N) is 1. The summed E-state index contributed by atoms with van der Waals surface area (Å²) < 4.78 is -1.71. The molecule has 0 aliphatic rings. The third kappa shape index (κ3) is 4.19. The molecule has 0 atom stereocenters. The first-order valence-electron chi connectivity index (χ1n) is 5.68. The number of hydrogen-bond donors (Lipinski definition) is 1. The van der Waals surface area contributed by atoms with Gasteiger partial charge in [0.25, 0.3) is 9.57 Å². The van der Waals surface area contributed by atoms with Gasteiger partial charge in [0.1, 0.15) is 0 Å². The van der Waals surface area contributed by atoms with Crippen molar-refractivity contribution in [2.75, 3.05) is 5.32 Å². The van der Waals surface area contributed by atoms with Gasteiger partial charge in [-0.25, -0.2) is 0 Å². The molecule has 0 fully saturated rings. The molecule has 1 aromatic rings. The fraction of sp³-hybridized carbons (Fsp3) is 0.462. The van der Waals surface area contributed by atoms with E-state index < -0.39 is 9.57 Å². The monoisotopic (exact) mass is 339 g/mol. The summed E-state index contributed by atoms with van der Waals surface area (Å²) in [5.74, 6) is -0.546. The summed E-state index contributed by atoms with van der Waals surface area (Å²) in [5, 5.41) is 2.77. The minimum Gasteiger partial charge on any atom is -0.322 e. The van der Waals surface area contributed by atoms with Crippen LogP contribution >= 0.6 is 44.9 Å². The summed E-state index contributed by atoms with van der Waals surface area (Å²) >= 11 is 11.6. The number of hydrogen-bond acceptors (Lipinski definition) is 2. The third-order valence-corrected chi connectivity index (χ3v) is 5.03. The molecule has 1 N–H and O–H groups in total. The van der Waals surface area contributed by atoms with E-state index in [9.17, 15) is 4.79 Å². The number of para-hydroxylation sites is 1. The molecule has 0 bridgehead atoms. The van der Waals surface area contributed by atoms with Gasteiger partial charge in [0.15, 0.2) is 0 Å². The highest BCUT2D eigenvalue weighted by Crippen LogP contribution is 2.40. The zero-order valence-electron chi connectivity index (χ0n) is 11.2. The molecule has 19 heavy (non-hydrogen) atoms. The van der Waals surface area contributed by atoms with Crippen LogP contribution in [-0.4, -0.2) is 9.57 Å². The third-order valence-electron chi connectivity index (χ3n) is 2.68. The van der Waals surface area contributed by atoms with E-state index in [1.54, 1.807) is 0 Å². The number of aryl methyl sites for hydroxylation is 1. The number of carbonyl (C=O) groups excluding carboxylic acids is 1. The summed E-state index contributed by atoms with van der Waals surface area (Å²) in [5.41, 5.74) is 2.59. The highest BCUT2D eigenvalue weighted by molar-refractivity contribution is 8.24. The lowest BCUT2D eigenvalue weighted by Crippen LogP contribution is -2.30. The molecule has 0 saturated carbocycles. The Morgan fingerprint density at radius 3 is 2.32 bits per heavy atom. The van der Waals surface area contributed by atoms with Crippen LogP contribution in [0.1, 0.15) is 31.9 Å². The molecule has 1 rings (SSSR count). The molecule has 0 saturated heterocycles. The molecule has 106 valence electrons. The summed E-state index contributed by atoms with van der Waals surface area (Å²) in [6.45, 7) is 8.13. The van der Waals surface area contributed by atoms with Gasteiger partial charge in [0, 0.05) is 5.69 Å². The summed E-state index contributed by atoms with van der Waals surface area (Å²) in [6, 6.07) is 5.85. The predicted molar refractivity (Wildman–Crippen MR) is 86.4 cm³/mol. The second-order valence-electron chi connectivity index (χ2n) is 5.30. The van der Waals surface area contributed by atoms with Crippen molar-refractivity contribution in [3.05, 3.63) is 29.3 Å². The molecule has 1 aromatic carbocycles. The van der Waals surface area contributed by atoms with Crippen molar-refractivity contribution in [1.82, 2.24) is 0 Å². The lowest BCUT2D eigenvalue weighted by molar-refractivity contribution is -0.115. The van der Waals surface area contributed by atoms with E-state index in [1.165, 1.54) is 0 Å². The van der Waals surface area contributed by atoms with Crippen molar-refractivity contribution in [3.8, 4) is 0 Å². The Bertz CT molecular complexity index is 483. The number of anilines is 1. The van der Waals surface area contributed by atoms with Crippen LogP contribution in [0.3, 0.4) is 0 Å². The van der Waals surface area contributed by atoms with Crippen LogP contribution in [0, 0.1) is 6.92 Å². The number of rotatable bonds is 3. The van der Waals surface area contributed by atoms with Crippen molar-refractivity contribution in [2.45, 2.75) is 36.8 Å². The van der Waals surface area contributed by atoms with Crippen LogP contribution in [0.4, 0.5) is 5.69 Å². The SMILES string of the molecule is Cc1cccc(C(C)(C)C)c1NC(=O)C(Cl)(Cl)SCl. The van der Waals surface area contributed by atoms with E-state index in [-0.39, 0.29) is 5.41 Å². The van der Waals surface area contributed by atoms with Crippen molar-refractivity contribution in [3.63, 3.8) is 0 Å². The smallest absolute Gasteiger partial charge is 0.272 e. The molecule has 0 unspecified atom stereocenters. The van der Waals surface area contributed by atoms with Gasteiger partial charge in [0.2, 0.25) is 0 Å². The van der Waals surface area contributed by atoms with E-state index in [0.717, 1.165) is 16.8 Å². The summed E-state index contributed by atoms with van der Waals surface area (Å²) in [7, 11) is 6.08. The average Bonchev–Trinajstić information content (AvgIpc) is 2.30. The second kappa shape index (κ2) is 6.13. The van der Waals surface area contributed by atoms with E-state index >= 15 is 0 Å². The van der Waals surface area contributed by atoms with Crippen molar-refractivity contribution in [2.24, 2.45) is 0 Å². The van der Waals surface area contributed by atoms with Crippen LogP contribution in [0.5, 0.6) is 0 Å². The fourth-order valence-corrected chi connectivity index (χ4v) is 2.11. The second-order valence-corrected chi connectivity index (χ2v) is 8.30. The van der Waals surface area contributed by atoms with Gasteiger partial charge in [0.05, 0.1) is 0 Å². The minimum absolute atomic E-state index is 0.107. The lowest BCUT2D eigenvalue weighted by atomic mass is 9.84. The molecule has 0 aliphatic heterocycles. The maximum absolute atomic E-state index is 12.0. The van der Waals surface area contributed by atoms with Crippen LogP contribution in [0.25, 0.3) is 0 Å². The molecule has 0 spiro atoms. The quantitative estimate of drug-likeness (QED) is 0.761. The zero-order chi connectivity index (χ0) is 14.8. The topological polar surface area (TPSA) is 29.1 Å². The van der Waals surface area contributed by atoms with Crippen molar-refractivity contribution >= 4 is 56.5 Å². The molecule has 0 aromatic heterocycles. The summed E-state index contributed by atoms with van der Waals surface area (Å²) in [6.07, 6.45) is 0. The molecule has 0 heterocycles. The number of halogens is 3. The van der Waals surface area contributed by atoms with Crippen LogP contribution < -0.4 is 5.32 Å². The standard InChI is InChI=1S/C13H16Cl3NOS/c1-8-6-5-7-9(12(2,3)4)10(8)17-11(18)13(14,15)19-16/h5-7H,1-4H3,(H,17,18). The summed E-state index contributed by atoms with van der Waals surface area (Å²) in [4.78, 5) is 12.0. The fourth-order valence-electron chi connectivity index (χ4n) is 1.68. The number of benzene rings is 1. The van der Waals surface area contributed by atoms with Gasteiger partial charge < -0.3 is 5.32 Å². The Hall–Kier alpha value is -0.0900. The normalized spacial score (nSPS) is 12.4. The Labute approximate surface area is 132 Å². The molecular formula is C13H16Cl3NOS. The Morgan fingerprint density at radius 1 is 1.26 bits per heavy atom. The van der Waals surface area contributed by atoms with Crippen LogP contribution in [0.15, 0.2) is 18.2 Å². The maximum Gasteiger partial charge on any atom is 0.272 e. The lowest BCUT2D eigenvalue weighted by Gasteiger charge is -2.25. The number of alkyl halides is 2. The highest BCUT2D eigenvalue weighted by Gasteiger charge is 2.35. The van der Waals surface area contributed by atoms with E-state index in [1.807, 2.05) is 25.1 Å². The minimum atomic E-state index is -1.71. The zero-order valence-corrected chi connectivity index (χ0v) is 14.3. The van der Waals surface area contributed by atoms with Crippen LogP contribution in [-0.2, 0) is 10.2 Å². The predicted octanol–water partition coefficient (Wildman–Crippen LogP) is 5.25. The number of amides is 1. The van der Waals surface area contributed by atoms with Gasteiger partial charge in [-0.3, -0.25) is 4.79 Å². The van der Waals surface area contributed by atoms with E-state index in [4.69, 9.17) is 33.9 Å². The van der Waals surface area contributed by atoms with Crippen LogP contribution in [0.2, 0.25) is 0 Å². The number of carbonyl (C=O) groups is 1. The van der Waals surface area contributed by atoms with Crippen molar-refractivity contribution < 1.29 is 4.79 Å². The largest absolute Gasteiger partial charge is 0.322 e. The highest BCUT2D eigenvalue weighted by atomic mass is 35.7. The first kappa shape index (κ1) is 17.0. The Balaban J connectivity index is 3.18. The molecule has 0 aliphatic carbocycles. The van der Waals surface area contributed by atoms with Gasteiger partial charge in [-0.15, -0.1) is 0 Å². The van der Waals surface area contributed by atoms with Crippen molar-refractivity contribution in [1.29, 1.82) is 0 Å². The van der Waals surface area contributed by atoms with E-state index in [0.29, 0.717) is 11.0 Å². The first-order valence-corrected chi connectivity index (χ1v) is 8.08. The van der Waals surface area contributed by atoms with Gasteiger partial charge >= 0.3 is 0 Å². The maximum atomic E-state index is 12.0.